The van der Waals surface area contributed by atoms with Gasteiger partial charge in [0.2, 0.25) is 5.91 Å². The van der Waals surface area contributed by atoms with Crippen LogP contribution in [0.15, 0.2) is 35.8 Å². The molecule has 1 aliphatic heterocycles. The van der Waals surface area contributed by atoms with Crippen molar-refractivity contribution in [1.82, 2.24) is 14.3 Å². The minimum Gasteiger partial charge on any atom is -0.497 e. The highest BCUT2D eigenvalue weighted by atomic mass is 32.1. The summed E-state index contributed by atoms with van der Waals surface area (Å²) in [7, 11) is 1.69. The van der Waals surface area contributed by atoms with Crippen molar-refractivity contribution in [2.45, 2.75) is 25.8 Å². The molecule has 1 aliphatic carbocycles. The molecule has 3 aromatic rings. The summed E-state index contributed by atoms with van der Waals surface area (Å²) in [4.78, 5) is 22.1. The summed E-state index contributed by atoms with van der Waals surface area (Å²) in [5.41, 5.74) is 3.37. The average molecular weight is 412 g/mol. The van der Waals surface area contributed by atoms with Crippen molar-refractivity contribution in [2.24, 2.45) is 5.92 Å². The number of methoxy groups -OCH3 is 1. The Morgan fingerprint density at radius 2 is 2.14 bits per heavy atom. The number of rotatable bonds is 5. The van der Waals surface area contributed by atoms with Crippen molar-refractivity contribution in [3.05, 3.63) is 41.5 Å². The van der Waals surface area contributed by atoms with E-state index in [4.69, 9.17) is 9.72 Å². The van der Waals surface area contributed by atoms with Gasteiger partial charge in [0, 0.05) is 23.1 Å². The van der Waals surface area contributed by atoms with Gasteiger partial charge in [-0.05, 0) is 25.0 Å². The second-order valence-electron chi connectivity index (χ2n) is 8.07. The van der Waals surface area contributed by atoms with E-state index in [0.29, 0.717) is 11.8 Å². The van der Waals surface area contributed by atoms with Gasteiger partial charge in [-0.2, -0.15) is 0 Å². The van der Waals surface area contributed by atoms with Crippen LogP contribution in [-0.2, 0) is 11.3 Å². The summed E-state index contributed by atoms with van der Waals surface area (Å²) in [6.07, 6.45) is 5.50. The molecule has 1 aromatic carbocycles. The molecule has 2 aromatic heterocycles. The SMILES string of the molecule is COc1cccc(-c2nc3sccn3c2C[NH+]2CCN(C(=O)C3CCC3)CC2)c1. The molecule has 1 N–H and O–H groups in total. The highest BCUT2D eigenvalue weighted by molar-refractivity contribution is 7.15. The number of piperazine rings is 1. The molecule has 6 nitrogen and oxygen atoms in total. The lowest BCUT2D eigenvalue weighted by atomic mass is 9.84. The Balaban J connectivity index is 1.35. The maximum absolute atomic E-state index is 12.5. The van der Waals surface area contributed by atoms with Gasteiger partial charge in [-0.1, -0.05) is 18.6 Å². The summed E-state index contributed by atoms with van der Waals surface area (Å²) >= 11 is 1.66. The molecule has 29 heavy (non-hydrogen) atoms. The molecule has 2 fully saturated rings. The molecule has 1 amide bonds. The number of aromatic nitrogens is 2. The number of thiazole rings is 1. The van der Waals surface area contributed by atoms with Crippen LogP contribution in [0.3, 0.4) is 0 Å². The van der Waals surface area contributed by atoms with Gasteiger partial charge in [0.1, 0.15) is 18.0 Å². The number of nitrogens with zero attached hydrogens (tertiary/aromatic N) is 3. The highest BCUT2D eigenvalue weighted by Gasteiger charge is 2.32. The molecule has 152 valence electrons. The molecule has 0 atom stereocenters. The van der Waals surface area contributed by atoms with Crippen LogP contribution in [0.1, 0.15) is 25.0 Å². The Morgan fingerprint density at radius 1 is 1.31 bits per heavy atom. The van der Waals surface area contributed by atoms with Crippen LogP contribution >= 0.6 is 11.3 Å². The number of benzene rings is 1. The Kier molecular flexibility index (Phi) is 5.01. The summed E-state index contributed by atoms with van der Waals surface area (Å²) in [5.74, 6) is 1.54. The van der Waals surface area contributed by atoms with Gasteiger partial charge in [0.05, 0.1) is 39.0 Å². The zero-order valence-electron chi connectivity index (χ0n) is 16.8. The number of quaternary nitrogens is 1. The topological polar surface area (TPSA) is 51.3 Å². The number of nitrogens with one attached hydrogen (secondary N) is 1. The van der Waals surface area contributed by atoms with Crippen molar-refractivity contribution < 1.29 is 14.4 Å². The molecule has 0 radical (unpaired) electrons. The van der Waals surface area contributed by atoms with E-state index in [2.05, 4.69) is 33.0 Å². The van der Waals surface area contributed by atoms with E-state index in [-0.39, 0.29) is 0 Å². The molecule has 1 saturated carbocycles. The molecule has 5 rings (SSSR count). The summed E-state index contributed by atoms with van der Waals surface area (Å²) in [5, 5.41) is 2.09. The van der Waals surface area contributed by atoms with Gasteiger partial charge in [-0.25, -0.2) is 4.98 Å². The third kappa shape index (κ3) is 3.53. The first-order valence-corrected chi connectivity index (χ1v) is 11.3. The zero-order chi connectivity index (χ0) is 19.8. The van der Waals surface area contributed by atoms with E-state index in [1.807, 2.05) is 12.1 Å². The highest BCUT2D eigenvalue weighted by Crippen LogP contribution is 2.29. The van der Waals surface area contributed by atoms with Crippen LogP contribution in [-0.4, -0.2) is 53.5 Å². The fourth-order valence-electron chi connectivity index (χ4n) is 4.37. The maximum Gasteiger partial charge on any atom is 0.226 e. The molecule has 0 unspecified atom stereocenters. The summed E-state index contributed by atoms with van der Waals surface area (Å²) < 4.78 is 7.64. The van der Waals surface area contributed by atoms with Crippen LogP contribution in [0.25, 0.3) is 16.2 Å². The predicted molar refractivity (Wildman–Crippen MR) is 113 cm³/mol. The fraction of sp³-hybridized carbons (Fsp3) is 0.455. The van der Waals surface area contributed by atoms with Gasteiger partial charge < -0.3 is 14.5 Å². The minimum atomic E-state index is 0.302. The maximum atomic E-state index is 12.5. The number of hydrogen-bond acceptors (Lipinski definition) is 4. The lowest BCUT2D eigenvalue weighted by molar-refractivity contribution is -0.917. The normalized spacial score (nSPS) is 18.2. The fourth-order valence-corrected chi connectivity index (χ4v) is 5.11. The van der Waals surface area contributed by atoms with E-state index in [9.17, 15) is 4.79 Å². The van der Waals surface area contributed by atoms with Gasteiger partial charge in [-0.15, -0.1) is 11.3 Å². The third-order valence-corrected chi connectivity index (χ3v) is 7.11. The zero-order valence-corrected chi connectivity index (χ0v) is 17.6. The van der Waals surface area contributed by atoms with Crippen molar-refractivity contribution in [2.75, 3.05) is 33.3 Å². The Labute approximate surface area is 174 Å². The van der Waals surface area contributed by atoms with E-state index in [1.165, 1.54) is 17.0 Å². The average Bonchev–Trinajstić information content (AvgIpc) is 3.30. The predicted octanol–water partition coefficient (Wildman–Crippen LogP) is 2.10. The van der Waals surface area contributed by atoms with Crippen LogP contribution in [0.5, 0.6) is 5.75 Å². The van der Waals surface area contributed by atoms with Crippen molar-refractivity contribution in [3.8, 4) is 17.0 Å². The van der Waals surface area contributed by atoms with Gasteiger partial charge in [0.25, 0.3) is 0 Å². The lowest BCUT2D eigenvalue weighted by Gasteiger charge is -2.36. The molecule has 7 heteroatoms. The number of amides is 1. The van der Waals surface area contributed by atoms with Crippen LogP contribution < -0.4 is 9.64 Å². The first kappa shape index (κ1) is 18.6. The first-order chi connectivity index (χ1) is 14.2. The van der Waals surface area contributed by atoms with E-state index in [0.717, 1.165) is 67.5 Å². The number of imidazole rings is 1. The second kappa shape index (κ2) is 7.80. The van der Waals surface area contributed by atoms with E-state index < -0.39 is 0 Å². The Morgan fingerprint density at radius 3 is 2.86 bits per heavy atom. The Hall–Kier alpha value is -2.38. The van der Waals surface area contributed by atoms with E-state index >= 15 is 0 Å². The summed E-state index contributed by atoms with van der Waals surface area (Å²) in [6.45, 7) is 4.63. The molecule has 0 bridgehead atoms. The number of carbonyl (C=O) groups is 1. The van der Waals surface area contributed by atoms with Crippen molar-refractivity contribution in [1.29, 1.82) is 0 Å². The third-order valence-electron chi connectivity index (χ3n) is 6.36. The largest absolute Gasteiger partial charge is 0.497 e. The van der Waals surface area contributed by atoms with Crippen molar-refractivity contribution >= 4 is 22.2 Å². The standard InChI is InChI=1S/C22H26N4O2S/c1-28-18-7-3-6-17(14-18)20-19(26-12-13-29-22(26)23-20)15-24-8-10-25(11-9-24)21(27)16-4-2-5-16/h3,6-7,12-14,16H,2,4-5,8-11,15H2,1H3/p+1. The van der Waals surface area contributed by atoms with Gasteiger partial charge in [-0.3, -0.25) is 9.20 Å². The number of ether oxygens (including phenoxy) is 1. The second-order valence-corrected chi connectivity index (χ2v) is 8.95. The minimum absolute atomic E-state index is 0.302. The molecule has 2 aliphatic rings. The Bertz CT molecular complexity index is 1010. The number of hydrogen-bond donors (Lipinski definition) is 1. The number of carbonyl (C=O) groups excluding carboxylic acids is 1. The quantitative estimate of drug-likeness (QED) is 0.700. The monoisotopic (exact) mass is 411 g/mol. The smallest absolute Gasteiger partial charge is 0.226 e. The summed E-state index contributed by atoms with van der Waals surface area (Å²) in [6, 6.07) is 8.14. The van der Waals surface area contributed by atoms with Crippen molar-refractivity contribution in [3.63, 3.8) is 0 Å². The molecule has 3 heterocycles. The lowest BCUT2D eigenvalue weighted by Crippen LogP contribution is -3.13. The van der Waals surface area contributed by atoms with E-state index in [1.54, 1.807) is 18.4 Å². The molecule has 0 spiro atoms. The van der Waals surface area contributed by atoms with Crippen LogP contribution in [0.4, 0.5) is 0 Å². The molecule has 1 saturated heterocycles. The van der Waals surface area contributed by atoms with Gasteiger partial charge >= 0.3 is 0 Å². The van der Waals surface area contributed by atoms with Crippen LogP contribution in [0, 0.1) is 5.92 Å². The molecular weight excluding hydrogens is 384 g/mol. The van der Waals surface area contributed by atoms with Crippen LogP contribution in [0.2, 0.25) is 0 Å². The number of fused-ring (bicyclic) bond motifs is 1. The van der Waals surface area contributed by atoms with Gasteiger partial charge in [0.15, 0.2) is 4.96 Å². The molecular formula is C22H27N4O2S+. The first-order valence-electron chi connectivity index (χ1n) is 10.4.